The van der Waals surface area contributed by atoms with E-state index in [1.165, 1.54) is 16.9 Å². The number of aromatic nitrogens is 2. The van der Waals surface area contributed by atoms with Crippen molar-refractivity contribution >= 4 is 33.9 Å². The Labute approximate surface area is 190 Å². The zero-order valence-electron chi connectivity index (χ0n) is 18.0. The van der Waals surface area contributed by atoms with Gasteiger partial charge in [-0.2, -0.15) is 0 Å². The number of carbonyl (C=O) groups is 1. The first-order valence-electron chi connectivity index (χ1n) is 10.8. The number of carbonyl (C=O) groups excluding carboxylic acids is 1. The lowest BCUT2D eigenvalue weighted by molar-refractivity contribution is 0.0958. The molecule has 1 aliphatic heterocycles. The van der Waals surface area contributed by atoms with Crippen LogP contribution in [0.5, 0.6) is 0 Å². The van der Waals surface area contributed by atoms with Crippen LogP contribution in [0.3, 0.4) is 0 Å². The van der Waals surface area contributed by atoms with Gasteiger partial charge in [0, 0.05) is 44.5 Å². The summed E-state index contributed by atoms with van der Waals surface area (Å²) in [6.07, 6.45) is 2.40. The molecule has 0 saturated carbocycles. The Balaban J connectivity index is 1.27. The van der Waals surface area contributed by atoms with E-state index >= 15 is 0 Å². The number of thiazole rings is 1. The first kappa shape index (κ1) is 20.7. The second kappa shape index (κ2) is 9.10. The van der Waals surface area contributed by atoms with Gasteiger partial charge >= 0.3 is 0 Å². The van der Waals surface area contributed by atoms with Crippen molar-refractivity contribution in [2.45, 2.75) is 6.42 Å². The van der Waals surface area contributed by atoms with Gasteiger partial charge in [0.05, 0.1) is 11.6 Å². The van der Waals surface area contributed by atoms with Gasteiger partial charge in [-0.3, -0.25) is 4.79 Å². The summed E-state index contributed by atoms with van der Waals surface area (Å²) in [6.45, 7) is 4.68. The number of amides is 1. The molecule has 1 aliphatic rings. The standard InChI is InChI=1S/C24H25N5O2S/c1-28-11-13-29(14-12-28)18-7-8-19-20(15-18)31-27-22(19)24-26-16-21(32-24)23(30)25-10-9-17-5-3-2-4-6-17/h2-8,15-16H,9-14H2,1H3,(H,25,30). The Morgan fingerprint density at radius 3 is 2.75 bits per heavy atom. The summed E-state index contributed by atoms with van der Waals surface area (Å²) >= 11 is 1.33. The minimum Gasteiger partial charge on any atom is -0.369 e. The minimum atomic E-state index is -0.116. The van der Waals surface area contributed by atoms with Crippen LogP contribution in [0, 0.1) is 0 Å². The van der Waals surface area contributed by atoms with E-state index in [9.17, 15) is 4.79 Å². The fourth-order valence-electron chi connectivity index (χ4n) is 3.88. The highest BCUT2D eigenvalue weighted by Crippen LogP contribution is 2.33. The van der Waals surface area contributed by atoms with Crippen LogP contribution in [0.2, 0.25) is 0 Å². The summed E-state index contributed by atoms with van der Waals surface area (Å²) < 4.78 is 5.62. The average molecular weight is 448 g/mol. The summed E-state index contributed by atoms with van der Waals surface area (Å²) in [6, 6.07) is 16.3. The van der Waals surface area contributed by atoms with E-state index in [-0.39, 0.29) is 5.91 Å². The molecule has 1 saturated heterocycles. The quantitative estimate of drug-likeness (QED) is 0.486. The van der Waals surface area contributed by atoms with E-state index in [0.717, 1.165) is 49.3 Å². The second-order valence-corrected chi connectivity index (χ2v) is 9.05. The van der Waals surface area contributed by atoms with Crippen LogP contribution in [-0.4, -0.2) is 60.7 Å². The van der Waals surface area contributed by atoms with Crippen molar-refractivity contribution in [3.63, 3.8) is 0 Å². The van der Waals surface area contributed by atoms with Crippen molar-refractivity contribution in [2.24, 2.45) is 0 Å². The van der Waals surface area contributed by atoms with Gasteiger partial charge in [-0.05, 0) is 31.2 Å². The molecule has 32 heavy (non-hydrogen) atoms. The van der Waals surface area contributed by atoms with Gasteiger partial charge in [-0.1, -0.05) is 35.5 Å². The second-order valence-electron chi connectivity index (χ2n) is 8.02. The average Bonchev–Trinajstić information content (AvgIpc) is 3.47. The fraction of sp³-hybridized carbons (Fsp3) is 0.292. The van der Waals surface area contributed by atoms with Crippen LogP contribution >= 0.6 is 11.3 Å². The van der Waals surface area contributed by atoms with E-state index < -0.39 is 0 Å². The van der Waals surface area contributed by atoms with Gasteiger partial charge in [0.2, 0.25) is 0 Å². The van der Waals surface area contributed by atoms with Crippen molar-refractivity contribution in [2.75, 3.05) is 44.7 Å². The number of hydrogen-bond donors (Lipinski definition) is 1. The lowest BCUT2D eigenvalue weighted by Crippen LogP contribution is -2.44. The number of nitrogens with zero attached hydrogens (tertiary/aromatic N) is 4. The SMILES string of the molecule is CN1CCN(c2ccc3c(-c4ncc(C(=O)NCCc5ccccc5)s4)noc3c2)CC1. The zero-order chi connectivity index (χ0) is 21.9. The fourth-order valence-corrected chi connectivity index (χ4v) is 4.71. The molecule has 8 heteroatoms. The van der Waals surface area contributed by atoms with Crippen LogP contribution in [0.4, 0.5) is 5.69 Å². The van der Waals surface area contributed by atoms with Crippen LogP contribution < -0.4 is 10.2 Å². The summed E-state index contributed by atoms with van der Waals surface area (Å²) in [4.78, 5) is 22.2. The third-order valence-electron chi connectivity index (χ3n) is 5.80. The summed E-state index contributed by atoms with van der Waals surface area (Å²) in [5, 5.41) is 8.82. The highest BCUT2D eigenvalue weighted by Gasteiger charge is 2.19. The van der Waals surface area contributed by atoms with Crippen molar-refractivity contribution in [3.05, 3.63) is 65.2 Å². The van der Waals surface area contributed by atoms with Gasteiger partial charge in [-0.15, -0.1) is 11.3 Å². The number of hydrogen-bond acceptors (Lipinski definition) is 7. The molecule has 0 radical (unpaired) electrons. The van der Waals surface area contributed by atoms with E-state index in [1.807, 2.05) is 30.3 Å². The molecule has 1 fully saturated rings. The van der Waals surface area contributed by atoms with Gasteiger partial charge in [0.15, 0.2) is 5.58 Å². The molecule has 2 aromatic heterocycles. The van der Waals surface area contributed by atoms with Gasteiger partial charge in [-0.25, -0.2) is 4.98 Å². The molecule has 0 spiro atoms. The van der Waals surface area contributed by atoms with Crippen molar-refractivity contribution < 1.29 is 9.32 Å². The highest BCUT2D eigenvalue weighted by atomic mass is 32.1. The molecule has 1 amide bonds. The van der Waals surface area contributed by atoms with Crippen LogP contribution in [0.25, 0.3) is 21.7 Å². The maximum absolute atomic E-state index is 12.5. The van der Waals surface area contributed by atoms with E-state index in [4.69, 9.17) is 4.52 Å². The Morgan fingerprint density at radius 1 is 1.12 bits per heavy atom. The number of rotatable bonds is 6. The number of likely N-dealkylation sites (N-methyl/N-ethyl adjacent to an activating group) is 1. The Kier molecular flexibility index (Phi) is 5.87. The predicted molar refractivity (Wildman–Crippen MR) is 127 cm³/mol. The third-order valence-corrected chi connectivity index (χ3v) is 6.80. The largest absolute Gasteiger partial charge is 0.369 e. The van der Waals surface area contributed by atoms with E-state index in [2.05, 4.69) is 50.5 Å². The Morgan fingerprint density at radius 2 is 1.94 bits per heavy atom. The lowest BCUT2D eigenvalue weighted by atomic mass is 10.1. The predicted octanol–water partition coefficient (Wildman–Crippen LogP) is 3.68. The molecule has 0 unspecified atom stereocenters. The minimum absolute atomic E-state index is 0.116. The molecule has 7 nitrogen and oxygen atoms in total. The smallest absolute Gasteiger partial charge is 0.263 e. The Hall–Kier alpha value is -3.23. The molecule has 2 aromatic carbocycles. The summed E-state index contributed by atoms with van der Waals surface area (Å²) in [7, 11) is 2.15. The maximum atomic E-state index is 12.5. The monoisotopic (exact) mass is 447 g/mol. The van der Waals surface area contributed by atoms with E-state index in [1.54, 1.807) is 6.20 Å². The van der Waals surface area contributed by atoms with Crippen LogP contribution in [-0.2, 0) is 6.42 Å². The number of benzene rings is 2. The molecule has 1 N–H and O–H groups in total. The Bertz CT molecular complexity index is 1210. The van der Waals surface area contributed by atoms with Crippen LogP contribution in [0.15, 0.2) is 59.3 Å². The van der Waals surface area contributed by atoms with Crippen LogP contribution in [0.1, 0.15) is 15.2 Å². The van der Waals surface area contributed by atoms with Gasteiger partial charge < -0.3 is 19.6 Å². The zero-order valence-corrected chi connectivity index (χ0v) is 18.8. The normalized spacial score (nSPS) is 14.7. The van der Waals surface area contributed by atoms with Crippen molar-refractivity contribution in [1.82, 2.24) is 20.4 Å². The van der Waals surface area contributed by atoms with E-state index in [0.29, 0.717) is 22.1 Å². The third kappa shape index (κ3) is 4.37. The molecular formula is C24H25N5O2S. The lowest BCUT2D eigenvalue weighted by Gasteiger charge is -2.33. The van der Waals surface area contributed by atoms with Crippen molar-refractivity contribution in [1.29, 1.82) is 0 Å². The molecule has 3 heterocycles. The van der Waals surface area contributed by atoms with Gasteiger partial charge in [0.1, 0.15) is 15.6 Å². The molecule has 0 atom stereocenters. The molecule has 0 bridgehead atoms. The highest BCUT2D eigenvalue weighted by molar-refractivity contribution is 7.17. The molecule has 0 aliphatic carbocycles. The molecular weight excluding hydrogens is 422 g/mol. The maximum Gasteiger partial charge on any atom is 0.263 e. The molecule has 5 rings (SSSR count). The number of fused-ring (bicyclic) bond motifs is 1. The molecule has 4 aromatic rings. The number of piperazine rings is 1. The van der Waals surface area contributed by atoms with Gasteiger partial charge in [0.25, 0.3) is 5.91 Å². The first-order chi connectivity index (χ1) is 15.7. The number of anilines is 1. The summed E-state index contributed by atoms with van der Waals surface area (Å²) in [5.41, 5.74) is 3.76. The van der Waals surface area contributed by atoms with Crippen molar-refractivity contribution in [3.8, 4) is 10.7 Å². The molecule has 164 valence electrons. The number of nitrogens with one attached hydrogen (secondary N) is 1. The topological polar surface area (TPSA) is 74.5 Å². The summed E-state index contributed by atoms with van der Waals surface area (Å²) in [5.74, 6) is -0.116. The first-order valence-corrected chi connectivity index (χ1v) is 11.6.